The van der Waals surface area contributed by atoms with Crippen molar-refractivity contribution in [2.24, 2.45) is 0 Å². The summed E-state index contributed by atoms with van der Waals surface area (Å²) in [6, 6.07) is 8.95. The highest BCUT2D eigenvalue weighted by molar-refractivity contribution is 7.90. The fraction of sp³-hybridized carbons (Fsp3) is 0.448. The first-order chi connectivity index (χ1) is 19.6. The number of nitrogens with zero attached hydrogens (tertiary/aromatic N) is 5. The zero-order valence-corrected chi connectivity index (χ0v) is 24.0. The first kappa shape index (κ1) is 27.6. The lowest BCUT2D eigenvalue weighted by atomic mass is 10.1. The molecule has 1 aliphatic carbocycles. The number of benzene rings is 1. The normalized spacial score (nSPS) is 17.9. The van der Waals surface area contributed by atoms with Crippen molar-refractivity contribution >= 4 is 32.4 Å². The van der Waals surface area contributed by atoms with E-state index in [9.17, 15) is 17.2 Å². The molecule has 41 heavy (non-hydrogen) atoms. The summed E-state index contributed by atoms with van der Waals surface area (Å²) in [5.74, 6) is 0.553. The SMILES string of the molecule is Cc1cc(Cc2cc(Nc3ccc(C4CC4)cc3S(C)(=O)=O)c3nc(C(F)F)n(C4CCCCO4)c3n2)nc(C)n1. The van der Waals surface area contributed by atoms with E-state index in [0.29, 0.717) is 48.3 Å². The van der Waals surface area contributed by atoms with Crippen LogP contribution in [0.2, 0.25) is 0 Å². The molecular weight excluding hydrogens is 550 g/mol. The summed E-state index contributed by atoms with van der Waals surface area (Å²) in [6.45, 7) is 4.15. The predicted molar refractivity (Wildman–Crippen MR) is 150 cm³/mol. The Morgan fingerprint density at radius 3 is 2.44 bits per heavy atom. The molecule has 0 amide bonds. The Balaban J connectivity index is 1.52. The highest BCUT2D eigenvalue weighted by Crippen LogP contribution is 2.42. The zero-order valence-electron chi connectivity index (χ0n) is 23.2. The molecule has 1 unspecified atom stereocenters. The number of hydrogen-bond acceptors (Lipinski definition) is 8. The van der Waals surface area contributed by atoms with Crippen LogP contribution in [-0.4, -0.2) is 45.8 Å². The van der Waals surface area contributed by atoms with Crippen molar-refractivity contribution in [3.63, 3.8) is 0 Å². The van der Waals surface area contributed by atoms with Gasteiger partial charge in [-0.05, 0) is 81.7 Å². The summed E-state index contributed by atoms with van der Waals surface area (Å²) in [7, 11) is -3.60. The lowest BCUT2D eigenvalue weighted by molar-refractivity contribution is -0.0363. The van der Waals surface area contributed by atoms with E-state index in [1.165, 1.54) is 10.8 Å². The van der Waals surface area contributed by atoms with Crippen LogP contribution in [0.4, 0.5) is 20.2 Å². The number of imidazole rings is 1. The van der Waals surface area contributed by atoms with Gasteiger partial charge in [-0.2, -0.15) is 0 Å². The highest BCUT2D eigenvalue weighted by atomic mass is 32.2. The van der Waals surface area contributed by atoms with E-state index in [1.54, 1.807) is 18.2 Å². The van der Waals surface area contributed by atoms with Crippen molar-refractivity contribution < 1.29 is 21.9 Å². The maximum atomic E-state index is 14.4. The molecule has 1 saturated carbocycles. The Hall–Kier alpha value is -3.51. The first-order valence-corrected chi connectivity index (χ1v) is 15.7. The molecule has 6 rings (SSSR count). The third-order valence-electron chi connectivity index (χ3n) is 7.47. The third-order valence-corrected chi connectivity index (χ3v) is 8.61. The van der Waals surface area contributed by atoms with E-state index in [2.05, 4.69) is 20.3 Å². The maximum absolute atomic E-state index is 14.4. The summed E-state index contributed by atoms with van der Waals surface area (Å²) >= 11 is 0. The number of rotatable bonds is 8. The molecule has 12 heteroatoms. The van der Waals surface area contributed by atoms with Gasteiger partial charge in [0.1, 0.15) is 17.6 Å². The number of nitrogens with one attached hydrogen (secondary N) is 1. The number of hydrogen-bond donors (Lipinski definition) is 1. The highest BCUT2D eigenvalue weighted by Gasteiger charge is 2.30. The molecule has 0 radical (unpaired) electrons. The number of pyridine rings is 1. The number of halogens is 2. The molecule has 4 heterocycles. The molecule has 1 aromatic carbocycles. The standard InChI is InChI=1S/C29H32F2N6O3S/c1-16-12-20(33-17(2)32-16)14-21-15-23(35-22-10-9-19(18-7-8-18)13-24(22)41(3,38)39)26-28(34-21)37(29(36-26)27(30)31)25-6-4-5-11-40-25/h9-10,12-13,15,18,25,27H,4-8,11,14H2,1-3H3,(H,34,35). The third kappa shape index (κ3) is 5.80. The van der Waals surface area contributed by atoms with Gasteiger partial charge >= 0.3 is 0 Å². The Kier molecular flexibility index (Phi) is 7.23. The predicted octanol–water partition coefficient (Wildman–Crippen LogP) is 6.09. The monoisotopic (exact) mass is 582 g/mol. The Labute approximate surface area is 237 Å². The number of aromatic nitrogens is 5. The maximum Gasteiger partial charge on any atom is 0.295 e. The van der Waals surface area contributed by atoms with Crippen molar-refractivity contribution in [2.45, 2.75) is 75.8 Å². The topological polar surface area (TPSA) is 112 Å². The number of aryl methyl sites for hydroxylation is 2. The lowest BCUT2D eigenvalue weighted by Gasteiger charge is -2.25. The first-order valence-electron chi connectivity index (χ1n) is 13.8. The average molecular weight is 583 g/mol. The fourth-order valence-corrected chi connectivity index (χ4v) is 6.39. The van der Waals surface area contributed by atoms with Gasteiger partial charge in [-0.1, -0.05) is 6.07 Å². The minimum absolute atomic E-state index is 0.152. The molecule has 9 nitrogen and oxygen atoms in total. The second kappa shape index (κ2) is 10.7. The number of ether oxygens (including phenoxy) is 1. The molecule has 0 spiro atoms. The summed E-state index contributed by atoms with van der Waals surface area (Å²) in [5, 5.41) is 3.23. The molecule has 1 atom stereocenters. The summed E-state index contributed by atoms with van der Waals surface area (Å²) < 4.78 is 61.7. The summed E-state index contributed by atoms with van der Waals surface area (Å²) in [5.41, 5.74) is 4.28. The second-order valence-electron chi connectivity index (χ2n) is 10.9. The van der Waals surface area contributed by atoms with E-state index in [4.69, 9.17) is 9.72 Å². The molecule has 1 aliphatic heterocycles. The van der Waals surface area contributed by atoms with Gasteiger partial charge in [-0.15, -0.1) is 0 Å². The molecule has 1 N–H and O–H groups in total. The molecule has 4 aromatic rings. The van der Waals surface area contributed by atoms with Crippen LogP contribution in [0.15, 0.2) is 35.2 Å². The van der Waals surface area contributed by atoms with Gasteiger partial charge in [0.2, 0.25) is 0 Å². The summed E-state index contributed by atoms with van der Waals surface area (Å²) in [6.07, 6.45) is 2.32. The quantitative estimate of drug-likeness (QED) is 0.266. The lowest BCUT2D eigenvalue weighted by Crippen LogP contribution is -2.20. The van der Waals surface area contributed by atoms with Crippen LogP contribution >= 0.6 is 0 Å². The van der Waals surface area contributed by atoms with Crippen LogP contribution in [-0.2, 0) is 21.0 Å². The van der Waals surface area contributed by atoms with E-state index in [1.807, 2.05) is 26.0 Å². The second-order valence-corrected chi connectivity index (χ2v) is 12.9. The van der Waals surface area contributed by atoms with E-state index >= 15 is 0 Å². The molecule has 2 fully saturated rings. The smallest absolute Gasteiger partial charge is 0.295 e. The van der Waals surface area contributed by atoms with Crippen molar-refractivity contribution in [1.82, 2.24) is 24.5 Å². The van der Waals surface area contributed by atoms with Crippen molar-refractivity contribution in [2.75, 3.05) is 18.2 Å². The van der Waals surface area contributed by atoms with E-state index in [-0.39, 0.29) is 16.1 Å². The van der Waals surface area contributed by atoms with Gasteiger partial charge in [-0.25, -0.2) is 37.1 Å². The van der Waals surface area contributed by atoms with Crippen LogP contribution in [0, 0.1) is 13.8 Å². The zero-order chi connectivity index (χ0) is 28.9. The largest absolute Gasteiger partial charge is 0.358 e. The van der Waals surface area contributed by atoms with Crippen LogP contribution in [0.3, 0.4) is 0 Å². The number of anilines is 2. The molecule has 216 valence electrons. The number of fused-ring (bicyclic) bond motifs is 1. The van der Waals surface area contributed by atoms with Gasteiger partial charge < -0.3 is 10.1 Å². The van der Waals surface area contributed by atoms with Crippen LogP contribution < -0.4 is 5.32 Å². The average Bonchev–Trinajstić information content (AvgIpc) is 3.68. The molecule has 3 aromatic heterocycles. The number of alkyl halides is 2. The van der Waals surface area contributed by atoms with Gasteiger partial charge in [0.05, 0.1) is 27.7 Å². The number of sulfone groups is 1. The van der Waals surface area contributed by atoms with Gasteiger partial charge in [0.25, 0.3) is 6.43 Å². The van der Waals surface area contributed by atoms with E-state index in [0.717, 1.165) is 42.6 Å². The van der Waals surface area contributed by atoms with Crippen molar-refractivity contribution in [1.29, 1.82) is 0 Å². The summed E-state index contributed by atoms with van der Waals surface area (Å²) in [4.78, 5) is 18.2. The van der Waals surface area contributed by atoms with E-state index < -0.39 is 28.3 Å². The molecule has 1 saturated heterocycles. The Morgan fingerprint density at radius 1 is 1.00 bits per heavy atom. The van der Waals surface area contributed by atoms with Crippen molar-refractivity contribution in [3.05, 3.63) is 64.6 Å². The Bertz CT molecular complexity index is 1710. The van der Waals surface area contributed by atoms with Crippen LogP contribution in [0.5, 0.6) is 0 Å². The Morgan fingerprint density at radius 2 is 1.78 bits per heavy atom. The van der Waals surface area contributed by atoms with Crippen molar-refractivity contribution in [3.8, 4) is 0 Å². The molecule has 2 aliphatic rings. The van der Waals surface area contributed by atoms with Gasteiger partial charge in [0, 0.05) is 25.0 Å². The minimum Gasteiger partial charge on any atom is -0.358 e. The van der Waals surface area contributed by atoms with Crippen LogP contribution in [0.25, 0.3) is 11.2 Å². The minimum atomic E-state index is -3.60. The molecular formula is C29H32F2N6O3S. The van der Waals surface area contributed by atoms with Gasteiger partial charge in [0.15, 0.2) is 21.3 Å². The van der Waals surface area contributed by atoms with Gasteiger partial charge in [-0.3, -0.25) is 4.57 Å². The van der Waals surface area contributed by atoms with Crippen LogP contribution in [0.1, 0.15) is 85.0 Å². The molecule has 0 bridgehead atoms. The fourth-order valence-electron chi connectivity index (χ4n) is 5.52.